The molecule has 1 spiro atoms. The number of carbonyl (C=O) groups excluding carboxylic acids is 3. The van der Waals surface area contributed by atoms with Crippen molar-refractivity contribution in [3.63, 3.8) is 0 Å². The van der Waals surface area contributed by atoms with Crippen molar-refractivity contribution >= 4 is 29.5 Å². The highest BCUT2D eigenvalue weighted by Gasteiger charge is 2.73. The zero-order valence-corrected chi connectivity index (χ0v) is 23.8. The van der Waals surface area contributed by atoms with Gasteiger partial charge in [0.15, 0.2) is 0 Å². The molecule has 0 radical (unpaired) electrons. The summed E-state index contributed by atoms with van der Waals surface area (Å²) in [5.41, 5.74) is 1.03. The van der Waals surface area contributed by atoms with Gasteiger partial charge in [-0.3, -0.25) is 19.3 Å². The van der Waals surface area contributed by atoms with Crippen molar-refractivity contribution in [2.75, 3.05) is 65.6 Å². The number of hydrogen-bond donors (Lipinski definition) is 1. The Hall–Kier alpha value is -2.66. The van der Waals surface area contributed by atoms with Gasteiger partial charge >= 0.3 is 0 Å². The van der Waals surface area contributed by atoms with Crippen molar-refractivity contribution < 1.29 is 24.2 Å². The van der Waals surface area contributed by atoms with Crippen molar-refractivity contribution in [2.45, 2.75) is 29.0 Å². The molecular formula is C30H38N4O5S. The fraction of sp³-hybridized carbons (Fsp3) is 0.567. The molecular weight excluding hydrogens is 528 g/mol. The van der Waals surface area contributed by atoms with Crippen LogP contribution >= 0.6 is 11.8 Å². The van der Waals surface area contributed by atoms with Crippen LogP contribution in [0.1, 0.15) is 12.5 Å². The minimum Gasteiger partial charge on any atom is -0.395 e. The van der Waals surface area contributed by atoms with Crippen LogP contribution in [-0.4, -0.2) is 124 Å². The molecule has 0 saturated carbocycles. The largest absolute Gasteiger partial charge is 0.395 e. The Kier molecular flexibility index (Phi) is 7.54. The highest BCUT2D eigenvalue weighted by atomic mass is 32.2. The van der Waals surface area contributed by atoms with E-state index in [4.69, 9.17) is 4.74 Å². The van der Waals surface area contributed by atoms with Crippen molar-refractivity contribution in [1.82, 2.24) is 19.6 Å². The molecule has 3 amide bonds. The van der Waals surface area contributed by atoms with Crippen LogP contribution in [0.5, 0.6) is 0 Å². The number of likely N-dealkylation sites (tertiary alicyclic amines) is 1. The number of aliphatic hydroxyl groups excluding tert-OH is 1. The highest BCUT2D eigenvalue weighted by molar-refractivity contribution is 8.02. The third kappa shape index (κ3) is 4.58. The van der Waals surface area contributed by atoms with Crippen LogP contribution in [0.25, 0.3) is 0 Å². The van der Waals surface area contributed by atoms with E-state index in [0.717, 1.165) is 25.2 Å². The first kappa shape index (κ1) is 27.5. The maximum Gasteiger partial charge on any atom is 0.247 e. The van der Waals surface area contributed by atoms with Crippen LogP contribution in [-0.2, 0) is 25.7 Å². The minimum atomic E-state index is -0.883. The van der Waals surface area contributed by atoms with Crippen LogP contribution in [0.15, 0.2) is 54.6 Å². The first-order valence-corrected chi connectivity index (χ1v) is 15.1. The quantitative estimate of drug-likeness (QED) is 0.492. The molecule has 5 heterocycles. The third-order valence-electron chi connectivity index (χ3n) is 9.07. The van der Waals surface area contributed by atoms with E-state index in [9.17, 15) is 19.5 Å². The number of benzene rings is 1. The predicted molar refractivity (Wildman–Crippen MR) is 152 cm³/mol. The van der Waals surface area contributed by atoms with Gasteiger partial charge in [0, 0.05) is 57.1 Å². The lowest BCUT2D eigenvalue weighted by molar-refractivity contribution is -0.145. The van der Waals surface area contributed by atoms with Gasteiger partial charge in [-0.1, -0.05) is 54.6 Å². The second-order valence-electron chi connectivity index (χ2n) is 11.5. The van der Waals surface area contributed by atoms with Crippen molar-refractivity contribution in [1.29, 1.82) is 0 Å². The van der Waals surface area contributed by atoms with E-state index in [1.54, 1.807) is 16.7 Å². The topological polar surface area (TPSA) is 93.6 Å². The molecule has 6 rings (SSSR count). The van der Waals surface area contributed by atoms with Gasteiger partial charge in [-0.05, 0) is 12.5 Å². The van der Waals surface area contributed by atoms with Crippen LogP contribution in [0.4, 0.5) is 0 Å². The van der Waals surface area contributed by atoms with Crippen LogP contribution in [0.3, 0.4) is 0 Å². The SMILES string of the molecule is C[C@@]12C=CCN(Cc3ccccc3)C(=O)[C@@H]1[C@H]1C(=O)N(CCO)C3C(=O)N(CCN4CCOCC4)CC=C[C@@]31S2. The average molecular weight is 567 g/mol. The Morgan fingerprint density at radius 2 is 1.62 bits per heavy atom. The number of thioether (sulfide) groups is 1. The standard InChI is InChI=1S/C30H38N4O5S/c1-29-9-5-12-33(21-22-7-3-2-4-8-22)26(36)23(29)24-27(37)34(15-18-35)25-28(38)32(11-6-10-30(24,25)40-29)14-13-31-16-19-39-20-17-31/h2-10,23-25,35H,11-21H2,1H3/t23-,24-,25?,29+,30-/m0/s1. The first-order valence-electron chi connectivity index (χ1n) is 14.3. The zero-order chi connectivity index (χ0) is 27.9. The van der Waals surface area contributed by atoms with E-state index in [2.05, 4.69) is 11.0 Å². The molecule has 1 aromatic carbocycles. The number of ether oxygens (including phenoxy) is 1. The number of amides is 3. The van der Waals surface area contributed by atoms with Gasteiger partial charge in [-0.15, -0.1) is 11.8 Å². The summed E-state index contributed by atoms with van der Waals surface area (Å²) >= 11 is 1.58. The van der Waals surface area contributed by atoms with E-state index in [-0.39, 0.29) is 30.9 Å². The molecule has 10 heteroatoms. The summed E-state index contributed by atoms with van der Waals surface area (Å²) in [5, 5.41) is 9.93. The third-order valence-corrected chi connectivity index (χ3v) is 10.9. The molecule has 5 aliphatic rings. The summed E-state index contributed by atoms with van der Waals surface area (Å²) in [7, 11) is 0. The van der Waals surface area contributed by atoms with Crippen molar-refractivity contribution in [3.05, 3.63) is 60.2 Å². The summed E-state index contributed by atoms with van der Waals surface area (Å²) in [5.74, 6) is -1.68. The molecule has 0 bridgehead atoms. The second kappa shape index (κ2) is 11.0. The van der Waals surface area contributed by atoms with E-state index >= 15 is 0 Å². The smallest absolute Gasteiger partial charge is 0.247 e. The first-order chi connectivity index (χ1) is 19.4. The number of β-amino-alcohol motifs (C(OH)–C–C–N with tert-alkyl or cyclic N) is 1. The molecule has 1 unspecified atom stereocenters. The zero-order valence-electron chi connectivity index (χ0n) is 23.0. The molecule has 0 aliphatic carbocycles. The number of rotatable bonds is 7. The van der Waals surface area contributed by atoms with Crippen molar-refractivity contribution in [2.24, 2.45) is 11.8 Å². The van der Waals surface area contributed by atoms with E-state index < -0.39 is 27.4 Å². The van der Waals surface area contributed by atoms with Gasteiger partial charge in [0.05, 0.1) is 36.4 Å². The van der Waals surface area contributed by atoms with E-state index in [1.165, 1.54) is 0 Å². The van der Waals surface area contributed by atoms with E-state index in [0.29, 0.717) is 39.4 Å². The molecule has 214 valence electrons. The summed E-state index contributed by atoms with van der Waals surface area (Å²) < 4.78 is 3.94. The lowest BCUT2D eigenvalue weighted by Crippen LogP contribution is -2.55. The van der Waals surface area contributed by atoms with Gasteiger partial charge in [-0.25, -0.2) is 0 Å². The number of fused-ring (bicyclic) bond motifs is 2. The van der Waals surface area contributed by atoms with Crippen LogP contribution in [0.2, 0.25) is 0 Å². The van der Waals surface area contributed by atoms with Gasteiger partial charge < -0.3 is 24.5 Å². The molecule has 5 aliphatic heterocycles. The average Bonchev–Trinajstić information content (AvgIpc) is 3.22. The highest BCUT2D eigenvalue weighted by Crippen LogP contribution is 2.65. The molecule has 5 atom stereocenters. The Morgan fingerprint density at radius 1 is 0.900 bits per heavy atom. The fourth-order valence-electron chi connectivity index (χ4n) is 7.20. The number of carbonyl (C=O) groups is 3. The Bertz CT molecular complexity index is 1200. The number of hydrogen-bond acceptors (Lipinski definition) is 7. The fourth-order valence-corrected chi connectivity index (χ4v) is 9.36. The monoisotopic (exact) mass is 566 g/mol. The number of nitrogens with zero attached hydrogens (tertiary/aromatic N) is 4. The Labute approximate surface area is 239 Å². The van der Waals surface area contributed by atoms with Gasteiger partial charge in [0.1, 0.15) is 6.04 Å². The molecule has 9 nitrogen and oxygen atoms in total. The van der Waals surface area contributed by atoms with Crippen molar-refractivity contribution in [3.8, 4) is 0 Å². The molecule has 1 N–H and O–H groups in total. The lowest BCUT2D eigenvalue weighted by Gasteiger charge is -2.37. The Morgan fingerprint density at radius 3 is 2.38 bits per heavy atom. The molecule has 1 aromatic rings. The van der Waals surface area contributed by atoms with E-state index in [1.807, 2.05) is 65.3 Å². The lowest BCUT2D eigenvalue weighted by atomic mass is 9.74. The Balaban J connectivity index is 1.32. The van der Waals surface area contributed by atoms with Gasteiger partial charge in [0.2, 0.25) is 17.7 Å². The minimum absolute atomic E-state index is 0.0575. The summed E-state index contributed by atoms with van der Waals surface area (Å²) in [6, 6.07) is 9.12. The molecule has 3 saturated heterocycles. The van der Waals surface area contributed by atoms with Crippen LogP contribution < -0.4 is 0 Å². The predicted octanol–water partition coefficient (Wildman–Crippen LogP) is 0.995. The summed E-state index contributed by atoms with van der Waals surface area (Å²) in [6.07, 6.45) is 8.17. The number of aliphatic hydroxyl groups is 1. The van der Waals surface area contributed by atoms with Crippen LogP contribution in [0, 0.1) is 11.8 Å². The molecule has 0 aromatic heterocycles. The van der Waals surface area contributed by atoms with Gasteiger partial charge in [-0.2, -0.15) is 0 Å². The second-order valence-corrected chi connectivity index (χ2v) is 13.3. The summed E-state index contributed by atoms with van der Waals surface area (Å²) in [6.45, 7) is 7.62. The normalized spacial score (nSPS) is 34.1. The maximum atomic E-state index is 14.3. The molecule has 3 fully saturated rings. The summed E-state index contributed by atoms with van der Waals surface area (Å²) in [4.78, 5) is 50.3. The number of morpholine rings is 1. The maximum absolute atomic E-state index is 14.3. The molecule has 40 heavy (non-hydrogen) atoms. The van der Waals surface area contributed by atoms with Gasteiger partial charge in [0.25, 0.3) is 0 Å².